The Labute approximate surface area is 160 Å². The molecule has 0 N–H and O–H groups in total. The van der Waals surface area contributed by atoms with Crippen molar-refractivity contribution in [2.75, 3.05) is 4.90 Å². The van der Waals surface area contributed by atoms with Crippen LogP contribution in [0.2, 0.25) is 0 Å². The Morgan fingerprint density at radius 2 is 1.26 bits per heavy atom. The van der Waals surface area contributed by atoms with E-state index in [-0.39, 0.29) is 0 Å². The second-order valence-corrected chi connectivity index (χ2v) is 7.04. The van der Waals surface area contributed by atoms with Crippen LogP contribution < -0.4 is 9.47 Å². The molecule has 0 fully saturated rings. The van der Waals surface area contributed by atoms with Crippen molar-refractivity contribution in [3.63, 3.8) is 0 Å². The zero-order chi connectivity index (χ0) is 18.4. The van der Waals surface area contributed by atoms with Gasteiger partial charge in [-0.25, -0.2) is 4.57 Å². The van der Waals surface area contributed by atoms with Crippen LogP contribution in [0.5, 0.6) is 0 Å². The smallest absolute Gasteiger partial charge is 0.237 e. The molecule has 0 unspecified atom stereocenters. The molecular weight excluding hydrogens is 328 g/mol. The lowest BCUT2D eigenvalue weighted by molar-refractivity contribution is -0.658. The molecule has 2 nitrogen and oxygen atoms in total. The van der Waals surface area contributed by atoms with E-state index in [4.69, 9.17) is 0 Å². The maximum Gasteiger partial charge on any atom is 0.286 e. The first-order chi connectivity index (χ1) is 13.3. The van der Waals surface area contributed by atoms with Crippen LogP contribution in [0.4, 0.5) is 17.2 Å². The highest BCUT2D eigenvalue weighted by atomic mass is 15.2. The molecule has 0 atom stereocenters. The van der Waals surface area contributed by atoms with Gasteiger partial charge in [-0.2, -0.15) is 4.90 Å². The van der Waals surface area contributed by atoms with Gasteiger partial charge in [-0.1, -0.05) is 66.7 Å². The minimum atomic E-state index is 1.15. The normalized spacial score (nSPS) is 12.0. The fraction of sp³-hybridized carbons (Fsp3) is 0.0800. The van der Waals surface area contributed by atoms with Gasteiger partial charge >= 0.3 is 0 Å². The van der Waals surface area contributed by atoms with E-state index in [0.717, 1.165) is 5.82 Å². The maximum absolute atomic E-state index is 2.40. The summed E-state index contributed by atoms with van der Waals surface area (Å²) in [4.78, 5) is 2.40. The van der Waals surface area contributed by atoms with Gasteiger partial charge in [-0.15, -0.1) is 0 Å². The first-order valence-electron chi connectivity index (χ1n) is 9.29. The van der Waals surface area contributed by atoms with Crippen LogP contribution >= 0.6 is 0 Å². The van der Waals surface area contributed by atoms with Crippen LogP contribution in [0.25, 0.3) is 22.3 Å². The quantitative estimate of drug-likeness (QED) is 0.340. The second-order valence-electron chi connectivity index (χ2n) is 7.04. The number of nitrogens with zero attached hydrogens (tertiary/aromatic N) is 2. The third-order valence-electron chi connectivity index (χ3n) is 5.37. The van der Waals surface area contributed by atoms with E-state index in [9.17, 15) is 0 Å². The molecular formula is C25H21N2+. The summed E-state index contributed by atoms with van der Waals surface area (Å²) in [5.74, 6) is 1.15. The van der Waals surface area contributed by atoms with Gasteiger partial charge in [-0.05, 0) is 35.7 Å². The van der Waals surface area contributed by atoms with Crippen molar-refractivity contribution in [3.8, 4) is 22.3 Å². The zero-order valence-corrected chi connectivity index (χ0v) is 15.6. The van der Waals surface area contributed by atoms with Crippen LogP contribution in [0, 0.1) is 6.92 Å². The summed E-state index contributed by atoms with van der Waals surface area (Å²) in [6, 6.07) is 30.4. The molecule has 27 heavy (non-hydrogen) atoms. The van der Waals surface area contributed by atoms with Crippen molar-refractivity contribution in [1.82, 2.24) is 0 Å². The fourth-order valence-corrected chi connectivity index (χ4v) is 4.13. The maximum atomic E-state index is 2.40. The van der Waals surface area contributed by atoms with E-state index >= 15 is 0 Å². The molecule has 0 radical (unpaired) electrons. The van der Waals surface area contributed by atoms with E-state index in [2.05, 4.69) is 115 Å². The Kier molecular flexibility index (Phi) is 3.58. The first-order valence-corrected chi connectivity index (χ1v) is 9.29. The molecule has 4 aromatic rings. The lowest BCUT2D eigenvalue weighted by atomic mass is 9.94. The standard InChI is InChI=1S/C25H21N2/c1-18-10-9-14-22-20-12-4-3-11-19(20)21-13-5-6-15-23(21)27(25(18)22)24-16-7-8-17-26(24)2/h3-17H,1-2H3/q+1. The minimum absolute atomic E-state index is 1.15. The highest BCUT2D eigenvalue weighted by Crippen LogP contribution is 2.50. The third kappa shape index (κ3) is 2.37. The number of para-hydroxylation sites is 2. The van der Waals surface area contributed by atoms with E-state index in [1.54, 1.807) is 0 Å². The van der Waals surface area contributed by atoms with Crippen LogP contribution in [-0.4, -0.2) is 0 Å². The number of anilines is 3. The Bertz CT molecular complexity index is 1160. The fourth-order valence-electron chi connectivity index (χ4n) is 4.13. The van der Waals surface area contributed by atoms with Crippen LogP contribution in [0.15, 0.2) is 91.1 Å². The molecule has 2 heterocycles. The van der Waals surface area contributed by atoms with E-state index in [1.807, 2.05) is 0 Å². The van der Waals surface area contributed by atoms with E-state index in [1.165, 1.54) is 39.2 Å². The van der Waals surface area contributed by atoms with Crippen molar-refractivity contribution in [1.29, 1.82) is 0 Å². The number of hydrogen-bond acceptors (Lipinski definition) is 1. The molecule has 0 amide bonds. The predicted molar refractivity (Wildman–Crippen MR) is 111 cm³/mol. The minimum Gasteiger partial charge on any atom is -0.237 e. The largest absolute Gasteiger partial charge is 0.286 e. The third-order valence-corrected chi connectivity index (χ3v) is 5.37. The zero-order valence-electron chi connectivity index (χ0n) is 15.6. The molecule has 1 aromatic heterocycles. The van der Waals surface area contributed by atoms with Crippen molar-refractivity contribution in [2.24, 2.45) is 7.05 Å². The highest BCUT2D eigenvalue weighted by Gasteiger charge is 2.33. The number of hydrogen-bond donors (Lipinski definition) is 0. The van der Waals surface area contributed by atoms with Gasteiger partial charge < -0.3 is 0 Å². The monoisotopic (exact) mass is 349 g/mol. The number of pyridine rings is 1. The van der Waals surface area contributed by atoms with Crippen molar-refractivity contribution in [3.05, 3.63) is 96.7 Å². The molecule has 3 aromatic carbocycles. The van der Waals surface area contributed by atoms with Crippen molar-refractivity contribution in [2.45, 2.75) is 6.92 Å². The van der Waals surface area contributed by atoms with Gasteiger partial charge in [0.25, 0.3) is 5.82 Å². The van der Waals surface area contributed by atoms with Gasteiger partial charge in [0.1, 0.15) is 11.4 Å². The average Bonchev–Trinajstić information content (AvgIpc) is 2.83. The topological polar surface area (TPSA) is 7.12 Å². The Morgan fingerprint density at radius 1 is 0.630 bits per heavy atom. The summed E-state index contributed by atoms with van der Waals surface area (Å²) in [6.07, 6.45) is 2.11. The Morgan fingerprint density at radius 3 is 2.04 bits per heavy atom. The average molecular weight is 349 g/mol. The lowest BCUT2D eigenvalue weighted by Crippen LogP contribution is -2.35. The molecule has 1 aliphatic heterocycles. The number of benzene rings is 3. The highest BCUT2D eigenvalue weighted by molar-refractivity contribution is 6.02. The number of rotatable bonds is 1. The van der Waals surface area contributed by atoms with Gasteiger partial charge in [-0.3, -0.25) is 0 Å². The Hall–Kier alpha value is -3.39. The van der Waals surface area contributed by atoms with E-state index in [0.29, 0.717) is 0 Å². The summed E-state index contributed by atoms with van der Waals surface area (Å²) >= 11 is 0. The Balaban J connectivity index is 1.97. The molecule has 130 valence electrons. The molecule has 0 saturated heterocycles. The lowest BCUT2D eigenvalue weighted by Gasteiger charge is -2.21. The van der Waals surface area contributed by atoms with Crippen molar-refractivity contribution >= 4 is 17.2 Å². The SMILES string of the molecule is Cc1cccc2c1N(c1cccc[n+]1C)c1ccccc1-c1ccccc1-2. The molecule has 0 saturated carbocycles. The van der Waals surface area contributed by atoms with Gasteiger partial charge in [0.15, 0.2) is 0 Å². The van der Waals surface area contributed by atoms with Gasteiger partial charge in [0, 0.05) is 17.2 Å². The summed E-state index contributed by atoms with van der Waals surface area (Å²) in [5, 5.41) is 0. The second kappa shape index (κ2) is 6.10. The first kappa shape index (κ1) is 15.8. The molecule has 0 bridgehead atoms. The number of aromatic nitrogens is 1. The molecule has 1 aliphatic rings. The van der Waals surface area contributed by atoms with Gasteiger partial charge in [0.05, 0.1) is 13.2 Å². The predicted octanol–water partition coefficient (Wildman–Crippen LogP) is 5.94. The number of aryl methyl sites for hydroxylation is 2. The molecule has 5 rings (SSSR count). The van der Waals surface area contributed by atoms with Crippen molar-refractivity contribution < 1.29 is 4.57 Å². The summed E-state index contributed by atoms with van der Waals surface area (Å²) < 4.78 is 2.18. The van der Waals surface area contributed by atoms with Crippen LogP contribution in [-0.2, 0) is 7.05 Å². The van der Waals surface area contributed by atoms with Crippen LogP contribution in [0.1, 0.15) is 5.56 Å². The summed E-state index contributed by atoms with van der Waals surface area (Å²) in [7, 11) is 2.11. The summed E-state index contributed by atoms with van der Waals surface area (Å²) in [5.41, 5.74) is 8.81. The van der Waals surface area contributed by atoms with E-state index < -0.39 is 0 Å². The summed E-state index contributed by atoms with van der Waals surface area (Å²) in [6.45, 7) is 2.20. The number of fused-ring (bicyclic) bond motifs is 5. The van der Waals surface area contributed by atoms with Crippen LogP contribution in [0.3, 0.4) is 0 Å². The van der Waals surface area contributed by atoms with Gasteiger partial charge in [0.2, 0.25) is 0 Å². The molecule has 0 spiro atoms. The molecule has 0 aliphatic carbocycles. The molecule has 2 heteroatoms.